The van der Waals surface area contributed by atoms with E-state index in [0.717, 1.165) is 24.8 Å². The zero-order valence-electron chi connectivity index (χ0n) is 15.3. The van der Waals surface area contributed by atoms with Gasteiger partial charge in [0.25, 0.3) is 10.1 Å². The monoisotopic (exact) mass is 386 g/mol. The Hall–Kier alpha value is -1.05. The average molecular weight is 386 g/mol. The SMILES string of the molecule is CCCCCCCc1ccc([O-])c(Oc2ccccc2S(=O)(=O)O)c1.[Na+]. The number of hydrogen-bond acceptors (Lipinski definition) is 4. The molecule has 2 aromatic rings. The third-order valence-electron chi connectivity index (χ3n) is 3.92. The number of benzene rings is 2. The van der Waals surface area contributed by atoms with Crippen molar-refractivity contribution in [1.29, 1.82) is 0 Å². The minimum atomic E-state index is -4.43. The molecule has 0 bridgehead atoms. The van der Waals surface area contributed by atoms with Crippen molar-refractivity contribution in [3.8, 4) is 17.2 Å². The number of ether oxygens (including phenoxy) is 1. The summed E-state index contributed by atoms with van der Waals surface area (Å²) in [5, 5.41) is 12.0. The van der Waals surface area contributed by atoms with E-state index in [1.54, 1.807) is 18.2 Å². The smallest absolute Gasteiger partial charge is 0.870 e. The van der Waals surface area contributed by atoms with Gasteiger partial charge in [0.1, 0.15) is 16.4 Å². The zero-order chi connectivity index (χ0) is 18.3. The summed E-state index contributed by atoms with van der Waals surface area (Å²) in [4.78, 5) is -0.362. The van der Waals surface area contributed by atoms with E-state index in [1.807, 2.05) is 0 Å². The van der Waals surface area contributed by atoms with Gasteiger partial charge in [-0.25, -0.2) is 0 Å². The van der Waals surface area contributed by atoms with Crippen LogP contribution in [0.25, 0.3) is 0 Å². The third-order valence-corrected chi connectivity index (χ3v) is 4.82. The van der Waals surface area contributed by atoms with Gasteiger partial charge in [-0.3, -0.25) is 4.55 Å². The maximum Gasteiger partial charge on any atom is 1.00 e. The van der Waals surface area contributed by atoms with Crippen LogP contribution in [0.3, 0.4) is 0 Å². The fraction of sp³-hybridized carbons (Fsp3) is 0.368. The topological polar surface area (TPSA) is 86.7 Å². The van der Waals surface area contributed by atoms with E-state index < -0.39 is 10.1 Å². The van der Waals surface area contributed by atoms with E-state index in [1.165, 1.54) is 43.5 Å². The molecule has 26 heavy (non-hydrogen) atoms. The molecule has 0 aromatic heterocycles. The summed E-state index contributed by atoms with van der Waals surface area (Å²) in [5.41, 5.74) is 0.968. The van der Waals surface area contributed by atoms with Crippen LogP contribution >= 0.6 is 0 Å². The molecule has 2 aromatic carbocycles. The van der Waals surface area contributed by atoms with Gasteiger partial charge in [-0.1, -0.05) is 62.6 Å². The van der Waals surface area contributed by atoms with E-state index >= 15 is 0 Å². The zero-order valence-corrected chi connectivity index (χ0v) is 18.1. The maximum atomic E-state index is 12.0. The molecule has 0 aliphatic carbocycles. The largest absolute Gasteiger partial charge is 1.00 e. The number of unbranched alkanes of at least 4 members (excludes halogenated alkanes) is 4. The quantitative estimate of drug-likeness (QED) is 0.399. The third kappa shape index (κ3) is 6.93. The Kier molecular flexibility index (Phi) is 9.68. The second kappa shape index (κ2) is 10.9. The number of aryl methyl sites for hydroxylation is 1. The first-order chi connectivity index (χ1) is 11.9. The Morgan fingerprint density at radius 2 is 1.69 bits per heavy atom. The van der Waals surface area contributed by atoms with Gasteiger partial charge in [0.15, 0.2) is 0 Å². The molecule has 0 amide bonds. The summed E-state index contributed by atoms with van der Waals surface area (Å²) in [7, 11) is -4.43. The van der Waals surface area contributed by atoms with Crippen LogP contribution in [-0.2, 0) is 16.5 Å². The van der Waals surface area contributed by atoms with Crippen LogP contribution in [0.15, 0.2) is 47.4 Å². The summed E-state index contributed by atoms with van der Waals surface area (Å²) in [5.74, 6) is -0.343. The van der Waals surface area contributed by atoms with Crippen LogP contribution in [0.1, 0.15) is 44.6 Å². The summed E-state index contributed by atoms with van der Waals surface area (Å²) < 4.78 is 37.6. The Morgan fingerprint density at radius 1 is 1.00 bits per heavy atom. The molecule has 0 spiro atoms. The predicted octanol–water partition coefficient (Wildman–Crippen LogP) is 1.32. The molecule has 5 nitrogen and oxygen atoms in total. The van der Waals surface area contributed by atoms with E-state index in [-0.39, 0.29) is 51.7 Å². The minimum Gasteiger partial charge on any atom is -0.870 e. The summed E-state index contributed by atoms with van der Waals surface area (Å²) >= 11 is 0. The van der Waals surface area contributed by atoms with Gasteiger partial charge in [0, 0.05) is 0 Å². The molecule has 0 saturated heterocycles. The predicted molar refractivity (Wildman–Crippen MR) is 94.7 cm³/mol. The first-order valence-corrected chi connectivity index (χ1v) is 9.90. The van der Waals surface area contributed by atoms with Gasteiger partial charge in [-0.2, -0.15) is 8.42 Å². The molecule has 0 atom stereocenters. The van der Waals surface area contributed by atoms with Crippen LogP contribution in [-0.4, -0.2) is 13.0 Å². The summed E-state index contributed by atoms with van der Waals surface area (Å²) in [6, 6.07) is 10.5. The van der Waals surface area contributed by atoms with E-state index in [2.05, 4.69) is 6.92 Å². The Morgan fingerprint density at radius 3 is 2.38 bits per heavy atom. The van der Waals surface area contributed by atoms with Crippen LogP contribution in [0.4, 0.5) is 0 Å². The van der Waals surface area contributed by atoms with Crippen LogP contribution in [0.2, 0.25) is 0 Å². The van der Waals surface area contributed by atoms with Crippen molar-refractivity contribution >= 4 is 10.1 Å². The molecular weight excluding hydrogens is 363 g/mol. The molecule has 0 aliphatic heterocycles. The number of rotatable bonds is 9. The van der Waals surface area contributed by atoms with Gasteiger partial charge < -0.3 is 9.84 Å². The van der Waals surface area contributed by atoms with Gasteiger partial charge in [0.2, 0.25) is 0 Å². The molecule has 0 radical (unpaired) electrons. The van der Waals surface area contributed by atoms with Gasteiger partial charge in [0.05, 0.1) is 0 Å². The van der Waals surface area contributed by atoms with Crippen molar-refractivity contribution in [2.45, 2.75) is 50.3 Å². The van der Waals surface area contributed by atoms with Crippen molar-refractivity contribution in [2.24, 2.45) is 0 Å². The maximum absolute atomic E-state index is 12.0. The van der Waals surface area contributed by atoms with Crippen molar-refractivity contribution in [1.82, 2.24) is 0 Å². The normalized spacial score (nSPS) is 11.0. The number of para-hydroxylation sites is 1. The molecule has 0 heterocycles. The van der Waals surface area contributed by atoms with Crippen LogP contribution in [0, 0.1) is 0 Å². The molecule has 7 heteroatoms. The molecule has 0 saturated carbocycles. The van der Waals surface area contributed by atoms with E-state index in [4.69, 9.17) is 4.74 Å². The Balaban J connectivity index is 0.00000338. The molecule has 0 aliphatic rings. The second-order valence-corrected chi connectivity index (χ2v) is 7.36. The van der Waals surface area contributed by atoms with E-state index in [9.17, 15) is 18.1 Å². The summed E-state index contributed by atoms with van der Waals surface area (Å²) in [6.45, 7) is 2.17. The molecule has 1 N–H and O–H groups in total. The molecular formula is C19H23NaO5S. The van der Waals surface area contributed by atoms with Gasteiger partial charge >= 0.3 is 29.6 Å². The molecule has 0 fully saturated rings. The van der Waals surface area contributed by atoms with Crippen molar-refractivity contribution in [2.75, 3.05) is 0 Å². The van der Waals surface area contributed by atoms with Crippen molar-refractivity contribution in [3.63, 3.8) is 0 Å². The first kappa shape index (κ1) is 23.0. The standard InChI is InChI=1S/C19H24O5S.Na/c1-2-3-4-5-6-9-15-12-13-16(20)18(14-15)24-17-10-7-8-11-19(17)25(21,22)23;/h7-8,10-14,20H,2-6,9H2,1H3,(H,21,22,23);/q;+1/p-1. The van der Waals surface area contributed by atoms with Crippen molar-refractivity contribution in [3.05, 3.63) is 48.0 Å². The molecule has 0 unspecified atom stereocenters. The fourth-order valence-electron chi connectivity index (χ4n) is 2.59. The van der Waals surface area contributed by atoms with E-state index in [0.29, 0.717) is 0 Å². The van der Waals surface area contributed by atoms with Crippen LogP contribution < -0.4 is 39.4 Å². The molecule has 2 rings (SSSR count). The first-order valence-electron chi connectivity index (χ1n) is 8.46. The van der Waals surface area contributed by atoms with Crippen molar-refractivity contribution < 1.29 is 52.4 Å². The number of hydrogen-bond donors (Lipinski definition) is 1. The Bertz CT molecular complexity index is 805. The second-order valence-electron chi connectivity index (χ2n) is 5.97. The molecule has 136 valence electrons. The van der Waals surface area contributed by atoms with Gasteiger partial charge in [-0.05, 0) is 36.6 Å². The summed E-state index contributed by atoms with van der Waals surface area (Å²) in [6.07, 6.45) is 6.60. The Labute approximate surface area is 177 Å². The van der Waals surface area contributed by atoms with Crippen LogP contribution in [0.5, 0.6) is 17.2 Å². The fourth-order valence-corrected chi connectivity index (χ4v) is 3.20. The average Bonchev–Trinajstić information content (AvgIpc) is 2.57. The minimum absolute atomic E-state index is 0. The van der Waals surface area contributed by atoms with Gasteiger partial charge in [-0.15, -0.1) is 0 Å².